The number of carbonyl (C=O) groups is 1. The van der Waals surface area contributed by atoms with Crippen LogP contribution in [0.3, 0.4) is 0 Å². The molecule has 1 atom stereocenters. The molecule has 1 saturated carbocycles. The number of halogens is 1. The minimum absolute atomic E-state index is 0. The fourth-order valence-corrected chi connectivity index (χ4v) is 2.08. The second kappa shape index (κ2) is 5.71. The first-order chi connectivity index (χ1) is 6.77. The van der Waals surface area contributed by atoms with Crippen LogP contribution in [0.5, 0.6) is 0 Å². The fourth-order valence-electron chi connectivity index (χ4n) is 2.08. The van der Waals surface area contributed by atoms with E-state index in [1.807, 2.05) is 11.9 Å². The van der Waals surface area contributed by atoms with Crippen molar-refractivity contribution < 1.29 is 4.79 Å². The maximum absolute atomic E-state index is 11.8. The number of nitrogens with zero attached hydrogens (tertiary/aromatic N) is 1. The number of piperidine rings is 1. The Morgan fingerprint density at radius 2 is 2.13 bits per heavy atom. The summed E-state index contributed by atoms with van der Waals surface area (Å²) in [6, 6.07) is 0.440. The highest BCUT2D eigenvalue weighted by molar-refractivity contribution is 5.85. The molecule has 1 aliphatic heterocycles. The van der Waals surface area contributed by atoms with E-state index in [0.717, 1.165) is 19.5 Å². The number of nitrogens with one attached hydrogen (secondary N) is 1. The second-order valence-corrected chi connectivity index (χ2v) is 4.65. The predicted molar refractivity (Wildman–Crippen MR) is 63.3 cm³/mol. The molecular formula is C11H21ClN2O. The molecular weight excluding hydrogens is 212 g/mol. The molecule has 0 bridgehead atoms. The van der Waals surface area contributed by atoms with Gasteiger partial charge < -0.3 is 10.2 Å². The number of hydrogen-bond donors (Lipinski definition) is 1. The largest absolute Gasteiger partial charge is 0.341 e. The lowest BCUT2D eigenvalue weighted by Crippen LogP contribution is -2.46. The molecule has 4 heteroatoms. The minimum Gasteiger partial charge on any atom is -0.341 e. The molecule has 0 aromatic carbocycles. The van der Waals surface area contributed by atoms with Crippen molar-refractivity contribution in [3.8, 4) is 0 Å². The summed E-state index contributed by atoms with van der Waals surface area (Å²) in [5, 5.41) is 3.35. The van der Waals surface area contributed by atoms with Gasteiger partial charge in [0.2, 0.25) is 5.91 Å². The highest BCUT2D eigenvalue weighted by atomic mass is 35.5. The average molecular weight is 233 g/mol. The van der Waals surface area contributed by atoms with Gasteiger partial charge in [-0.25, -0.2) is 0 Å². The van der Waals surface area contributed by atoms with Crippen molar-refractivity contribution in [1.82, 2.24) is 10.2 Å². The summed E-state index contributed by atoms with van der Waals surface area (Å²) in [6.45, 7) is 2.09. The van der Waals surface area contributed by atoms with E-state index in [9.17, 15) is 4.79 Å². The first-order valence-electron chi connectivity index (χ1n) is 5.74. The molecule has 2 rings (SSSR count). The lowest BCUT2D eigenvalue weighted by Gasteiger charge is -2.31. The van der Waals surface area contributed by atoms with Gasteiger partial charge in [0.15, 0.2) is 0 Å². The summed E-state index contributed by atoms with van der Waals surface area (Å²) in [4.78, 5) is 13.8. The Morgan fingerprint density at radius 3 is 2.67 bits per heavy atom. The first-order valence-corrected chi connectivity index (χ1v) is 5.74. The van der Waals surface area contributed by atoms with Crippen LogP contribution in [-0.2, 0) is 4.79 Å². The van der Waals surface area contributed by atoms with Gasteiger partial charge in [-0.05, 0) is 38.1 Å². The van der Waals surface area contributed by atoms with Crippen LogP contribution in [0.4, 0.5) is 0 Å². The molecule has 2 fully saturated rings. The maximum atomic E-state index is 11.8. The normalized spacial score (nSPS) is 25.5. The Kier molecular flexibility index (Phi) is 4.87. The molecule has 15 heavy (non-hydrogen) atoms. The molecule has 0 radical (unpaired) electrons. The van der Waals surface area contributed by atoms with Crippen LogP contribution >= 0.6 is 12.4 Å². The summed E-state index contributed by atoms with van der Waals surface area (Å²) in [5.74, 6) is 1.06. The molecule has 1 N–H and O–H groups in total. The highest BCUT2D eigenvalue weighted by Crippen LogP contribution is 2.33. The SMILES string of the molecule is CN(C(=O)CC1CC1)C1CCCNC1.Cl. The second-order valence-electron chi connectivity index (χ2n) is 4.65. The molecule has 0 spiro atoms. The lowest BCUT2D eigenvalue weighted by molar-refractivity contribution is -0.132. The van der Waals surface area contributed by atoms with Crippen molar-refractivity contribution >= 4 is 18.3 Å². The summed E-state index contributed by atoms with van der Waals surface area (Å²) in [5.41, 5.74) is 0. The van der Waals surface area contributed by atoms with Crippen molar-refractivity contribution in [2.24, 2.45) is 5.92 Å². The first kappa shape index (κ1) is 12.8. The number of carbonyl (C=O) groups excluding carboxylic acids is 1. The van der Waals surface area contributed by atoms with Crippen molar-refractivity contribution in [3.05, 3.63) is 0 Å². The van der Waals surface area contributed by atoms with Crippen LogP contribution in [0, 0.1) is 5.92 Å². The molecule has 3 nitrogen and oxygen atoms in total. The number of hydrogen-bond acceptors (Lipinski definition) is 2. The third-order valence-electron chi connectivity index (χ3n) is 3.37. The maximum Gasteiger partial charge on any atom is 0.222 e. The van der Waals surface area contributed by atoms with Gasteiger partial charge in [-0.1, -0.05) is 0 Å². The molecule has 1 amide bonds. The zero-order valence-corrected chi connectivity index (χ0v) is 10.2. The molecule has 0 aromatic rings. The van der Waals surface area contributed by atoms with Gasteiger partial charge in [-0.2, -0.15) is 0 Å². The summed E-state index contributed by atoms with van der Waals surface area (Å²) < 4.78 is 0. The Morgan fingerprint density at radius 1 is 1.40 bits per heavy atom. The molecule has 1 heterocycles. The van der Waals surface area contributed by atoms with Gasteiger partial charge in [0, 0.05) is 26.1 Å². The van der Waals surface area contributed by atoms with Crippen LogP contribution in [0.1, 0.15) is 32.1 Å². The van der Waals surface area contributed by atoms with E-state index in [1.54, 1.807) is 0 Å². The van der Waals surface area contributed by atoms with Gasteiger partial charge in [0.1, 0.15) is 0 Å². The van der Waals surface area contributed by atoms with Crippen LogP contribution in [0.15, 0.2) is 0 Å². The predicted octanol–water partition coefficient (Wildman–Crippen LogP) is 1.42. The zero-order chi connectivity index (χ0) is 9.97. The standard InChI is InChI=1S/C11H20N2O.ClH/c1-13(10-3-2-6-12-8-10)11(14)7-9-4-5-9;/h9-10,12H,2-8H2,1H3;1H. The summed E-state index contributed by atoms with van der Waals surface area (Å²) in [7, 11) is 1.96. The quantitative estimate of drug-likeness (QED) is 0.798. The van der Waals surface area contributed by atoms with Crippen LogP contribution in [-0.4, -0.2) is 37.0 Å². The molecule has 88 valence electrons. The summed E-state index contributed by atoms with van der Waals surface area (Å²) in [6.07, 6.45) is 5.68. The Labute approximate surface area is 98.0 Å². The Hall–Kier alpha value is -0.280. The molecule has 1 unspecified atom stereocenters. The van der Waals surface area contributed by atoms with E-state index in [4.69, 9.17) is 0 Å². The third kappa shape index (κ3) is 3.65. The van der Waals surface area contributed by atoms with E-state index >= 15 is 0 Å². The topological polar surface area (TPSA) is 32.3 Å². The van der Waals surface area contributed by atoms with E-state index < -0.39 is 0 Å². The van der Waals surface area contributed by atoms with Gasteiger partial charge in [-0.15, -0.1) is 12.4 Å². The van der Waals surface area contributed by atoms with Crippen molar-refractivity contribution in [1.29, 1.82) is 0 Å². The molecule has 1 aliphatic carbocycles. The lowest BCUT2D eigenvalue weighted by atomic mass is 10.1. The Bertz CT molecular complexity index is 213. The van der Waals surface area contributed by atoms with Crippen molar-refractivity contribution in [3.63, 3.8) is 0 Å². The zero-order valence-electron chi connectivity index (χ0n) is 9.37. The van der Waals surface area contributed by atoms with Crippen molar-refractivity contribution in [2.45, 2.75) is 38.1 Å². The molecule has 0 aromatic heterocycles. The third-order valence-corrected chi connectivity index (χ3v) is 3.37. The van der Waals surface area contributed by atoms with E-state index in [1.165, 1.54) is 25.7 Å². The van der Waals surface area contributed by atoms with Gasteiger partial charge in [-0.3, -0.25) is 4.79 Å². The van der Waals surface area contributed by atoms with Crippen LogP contribution < -0.4 is 5.32 Å². The molecule has 1 saturated heterocycles. The van der Waals surface area contributed by atoms with Gasteiger partial charge >= 0.3 is 0 Å². The highest BCUT2D eigenvalue weighted by Gasteiger charge is 2.28. The fraction of sp³-hybridized carbons (Fsp3) is 0.909. The van der Waals surface area contributed by atoms with E-state index in [-0.39, 0.29) is 12.4 Å². The van der Waals surface area contributed by atoms with Gasteiger partial charge in [0.25, 0.3) is 0 Å². The molecule has 2 aliphatic rings. The van der Waals surface area contributed by atoms with Crippen molar-refractivity contribution in [2.75, 3.05) is 20.1 Å². The van der Waals surface area contributed by atoms with Crippen LogP contribution in [0.25, 0.3) is 0 Å². The van der Waals surface area contributed by atoms with Gasteiger partial charge in [0.05, 0.1) is 0 Å². The number of rotatable bonds is 3. The average Bonchev–Trinajstić information content (AvgIpc) is 3.02. The van der Waals surface area contributed by atoms with E-state index in [2.05, 4.69) is 5.32 Å². The summed E-state index contributed by atoms with van der Waals surface area (Å²) >= 11 is 0. The van der Waals surface area contributed by atoms with Crippen LogP contribution in [0.2, 0.25) is 0 Å². The van der Waals surface area contributed by atoms with E-state index in [0.29, 0.717) is 17.9 Å². The number of likely N-dealkylation sites (N-methyl/N-ethyl adjacent to an activating group) is 1. The monoisotopic (exact) mass is 232 g/mol. The minimum atomic E-state index is 0. The number of amides is 1. The Balaban J connectivity index is 0.00000112. The smallest absolute Gasteiger partial charge is 0.222 e.